The maximum atomic E-state index is 6.21. The van der Waals surface area contributed by atoms with Crippen LogP contribution in [0.2, 0.25) is 0 Å². The third-order valence-corrected chi connectivity index (χ3v) is 5.39. The molecule has 1 aliphatic carbocycles. The second-order valence-electron chi connectivity index (χ2n) is 5.83. The summed E-state index contributed by atoms with van der Waals surface area (Å²) in [5.41, 5.74) is 6.38. The van der Waals surface area contributed by atoms with Crippen LogP contribution in [-0.4, -0.2) is 36.2 Å². The number of thiophene rings is 1. The normalized spacial score (nSPS) is 28.5. The maximum Gasteiger partial charge on any atom is 0.0484 e. The van der Waals surface area contributed by atoms with Crippen molar-refractivity contribution in [2.75, 3.05) is 19.8 Å². The number of hydrogen-bond acceptors (Lipinski definition) is 4. The molecule has 2 N–H and O–H groups in total. The lowest BCUT2D eigenvalue weighted by Gasteiger charge is -2.43. The van der Waals surface area contributed by atoms with Gasteiger partial charge in [-0.05, 0) is 43.6 Å². The first-order valence-electron chi connectivity index (χ1n) is 7.41. The number of nitrogens with zero attached hydrogens (tertiary/aromatic N) is 1. The van der Waals surface area contributed by atoms with Crippen LogP contribution < -0.4 is 5.73 Å². The molecule has 1 atom stereocenters. The van der Waals surface area contributed by atoms with Crippen molar-refractivity contribution in [3.63, 3.8) is 0 Å². The van der Waals surface area contributed by atoms with Crippen LogP contribution in [0.3, 0.4) is 0 Å². The Bertz CT molecular complexity index is 381. The molecule has 1 saturated heterocycles. The molecule has 0 spiro atoms. The van der Waals surface area contributed by atoms with Crippen LogP contribution in [0, 0.1) is 0 Å². The Morgan fingerprint density at radius 3 is 2.95 bits per heavy atom. The lowest BCUT2D eigenvalue weighted by atomic mass is 9.88. The smallest absolute Gasteiger partial charge is 0.0484 e. The van der Waals surface area contributed by atoms with Gasteiger partial charge in [0.05, 0.1) is 0 Å². The Balaban J connectivity index is 1.79. The van der Waals surface area contributed by atoms with E-state index in [9.17, 15) is 0 Å². The van der Waals surface area contributed by atoms with Gasteiger partial charge >= 0.3 is 0 Å². The van der Waals surface area contributed by atoms with Crippen LogP contribution in [0.5, 0.6) is 0 Å². The highest BCUT2D eigenvalue weighted by atomic mass is 32.1. The van der Waals surface area contributed by atoms with Gasteiger partial charge in [0, 0.05) is 42.8 Å². The topological polar surface area (TPSA) is 38.5 Å². The third-order valence-electron chi connectivity index (χ3n) is 4.53. The molecule has 3 nitrogen and oxygen atoms in total. The highest BCUT2D eigenvalue weighted by Gasteiger charge is 2.43. The molecule has 1 aromatic heterocycles. The van der Waals surface area contributed by atoms with E-state index in [2.05, 4.69) is 22.4 Å². The summed E-state index contributed by atoms with van der Waals surface area (Å²) in [6.45, 7) is 3.60. The highest BCUT2D eigenvalue weighted by Crippen LogP contribution is 2.39. The van der Waals surface area contributed by atoms with Crippen LogP contribution in [-0.2, 0) is 11.3 Å². The van der Waals surface area contributed by atoms with Gasteiger partial charge in [0.1, 0.15) is 0 Å². The minimum absolute atomic E-state index is 0.168. The molecule has 0 aromatic carbocycles. The van der Waals surface area contributed by atoms with Gasteiger partial charge in [0.2, 0.25) is 0 Å². The Kier molecular flexibility index (Phi) is 4.22. The summed E-state index contributed by atoms with van der Waals surface area (Å²) in [6.07, 6.45) is 6.10. The molecule has 1 aromatic rings. The molecule has 4 heteroatoms. The van der Waals surface area contributed by atoms with Gasteiger partial charge in [0.15, 0.2) is 0 Å². The minimum atomic E-state index is 0.168. The predicted octanol–water partition coefficient (Wildman–Crippen LogP) is 2.61. The fraction of sp³-hybridized carbons (Fsp3) is 0.733. The molecule has 0 bridgehead atoms. The Morgan fingerprint density at radius 2 is 2.26 bits per heavy atom. The van der Waals surface area contributed by atoms with E-state index in [0.717, 1.165) is 45.2 Å². The molecular formula is C15H24N2OS. The Morgan fingerprint density at radius 1 is 1.37 bits per heavy atom. The van der Waals surface area contributed by atoms with E-state index in [4.69, 9.17) is 10.5 Å². The van der Waals surface area contributed by atoms with Crippen molar-refractivity contribution in [1.29, 1.82) is 0 Å². The van der Waals surface area contributed by atoms with Crippen molar-refractivity contribution in [3.8, 4) is 0 Å². The van der Waals surface area contributed by atoms with E-state index in [1.54, 1.807) is 0 Å². The van der Waals surface area contributed by atoms with Crippen LogP contribution in [0.25, 0.3) is 0 Å². The molecule has 3 rings (SSSR count). The molecule has 19 heavy (non-hydrogen) atoms. The summed E-state index contributed by atoms with van der Waals surface area (Å²) in [5.74, 6) is 0. The van der Waals surface area contributed by atoms with Crippen LogP contribution in [0.15, 0.2) is 17.5 Å². The van der Waals surface area contributed by atoms with E-state index in [0.29, 0.717) is 0 Å². The quantitative estimate of drug-likeness (QED) is 0.901. The summed E-state index contributed by atoms with van der Waals surface area (Å²) in [4.78, 5) is 4.16. The van der Waals surface area contributed by atoms with Crippen LogP contribution in [0.1, 0.15) is 37.0 Å². The first-order valence-corrected chi connectivity index (χ1v) is 8.29. The average Bonchev–Trinajstić information content (AvgIpc) is 3.20. The molecule has 0 amide bonds. The number of hydrogen-bond donors (Lipinski definition) is 1. The molecular weight excluding hydrogens is 256 g/mol. The van der Waals surface area contributed by atoms with Crippen molar-refractivity contribution in [3.05, 3.63) is 22.4 Å². The van der Waals surface area contributed by atoms with Gasteiger partial charge in [-0.3, -0.25) is 4.90 Å². The molecule has 1 aliphatic heterocycles. The summed E-state index contributed by atoms with van der Waals surface area (Å²) in [6, 6.07) is 5.15. The molecule has 0 radical (unpaired) electrons. The van der Waals surface area contributed by atoms with Gasteiger partial charge in [0.25, 0.3) is 0 Å². The monoisotopic (exact) mass is 280 g/mol. The first kappa shape index (κ1) is 13.6. The Hall–Kier alpha value is -0.420. The van der Waals surface area contributed by atoms with Crippen molar-refractivity contribution < 1.29 is 4.74 Å². The predicted molar refractivity (Wildman–Crippen MR) is 79.3 cm³/mol. The van der Waals surface area contributed by atoms with Crippen LogP contribution in [0.4, 0.5) is 0 Å². The Labute approximate surface area is 119 Å². The molecule has 2 aliphatic rings. The van der Waals surface area contributed by atoms with Crippen molar-refractivity contribution in [2.24, 2.45) is 5.73 Å². The summed E-state index contributed by atoms with van der Waals surface area (Å²) < 4.78 is 5.66. The molecule has 1 saturated carbocycles. The fourth-order valence-corrected chi connectivity index (χ4v) is 3.94. The van der Waals surface area contributed by atoms with Crippen molar-refractivity contribution in [1.82, 2.24) is 4.90 Å². The van der Waals surface area contributed by atoms with Gasteiger partial charge < -0.3 is 10.5 Å². The van der Waals surface area contributed by atoms with Gasteiger partial charge in [-0.1, -0.05) is 6.07 Å². The SMILES string of the molecule is NCC1(N(Cc2cccs2)C2CC2)CCCOCC1. The third kappa shape index (κ3) is 3.02. The summed E-state index contributed by atoms with van der Waals surface area (Å²) in [7, 11) is 0. The number of nitrogens with two attached hydrogens (primary N) is 1. The largest absolute Gasteiger partial charge is 0.381 e. The zero-order valence-corrected chi connectivity index (χ0v) is 12.3. The number of ether oxygens (including phenoxy) is 1. The minimum Gasteiger partial charge on any atom is -0.381 e. The van der Waals surface area contributed by atoms with E-state index in [1.807, 2.05) is 11.3 Å². The van der Waals surface area contributed by atoms with E-state index in [-0.39, 0.29) is 5.54 Å². The van der Waals surface area contributed by atoms with E-state index in [1.165, 1.54) is 24.1 Å². The second-order valence-corrected chi connectivity index (χ2v) is 6.87. The van der Waals surface area contributed by atoms with Gasteiger partial charge in [-0.25, -0.2) is 0 Å². The van der Waals surface area contributed by atoms with Gasteiger partial charge in [-0.15, -0.1) is 11.3 Å². The zero-order valence-electron chi connectivity index (χ0n) is 11.5. The molecule has 2 heterocycles. The van der Waals surface area contributed by atoms with E-state index >= 15 is 0 Å². The summed E-state index contributed by atoms with van der Waals surface area (Å²) in [5, 5.41) is 2.17. The average molecular weight is 280 g/mol. The van der Waals surface area contributed by atoms with Crippen molar-refractivity contribution in [2.45, 2.75) is 50.2 Å². The fourth-order valence-electron chi connectivity index (χ4n) is 3.24. The zero-order chi connectivity index (χ0) is 13.1. The highest BCUT2D eigenvalue weighted by molar-refractivity contribution is 7.09. The maximum absolute atomic E-state index is 6.21. The lowest BCUT2D eigenvalue weighted by molar-refractivity contribution is 0.0534. The second kappa shape index (κ2) is 5.92. The molecule has 1 unspecified atom stereocenters. The standard InChI is InChI=1S/C15H24N2OS/c16-12-15(6-2-8-18-9-7-15)17(13-4-5-13)11-14-3-1-10-19-14/h1,3,10,13H,2,4-9,11-12,16H2. The molecule has 2 fully saturated rings. The van der Waals surface area contributed by atoms with Gasteiger partial charge in [-0.2, -0.15) is 0 Å². The lowest BCUT2D eigenvalue weighted by Crippen LogP contribution is -2.54. The first-order chi connectivity index (χ1) is 9.34. The van der Waals surface area contributed by atoms with Crippen molar-refractivity contribution >= 4 is 11.3 Å². The van der Waals surface area contributed by atoms with Crippen LogP contribution >= 0.6 is 11.3 Å². The van der Waals surface area contributed by atoms with E-state index < -0.39 is 0 Å². The molecule has 106 valence electrons. The number of rotatable bonds is 5. The summed E-state index contributed by atoms with van der Waals surface area (Å²) >= 11 is 1.86.